The Morgan fingerprint density at radius 1 is 0.767 bits per heavy atom. The summed E-state index contributed by atoms with van der Waals surface area (Å²) in [5, 5.41) is 11.7. The van der Waals surface area contributed by atoms with Crippen molar-refractivity contribution in [3.05, 3.63) is 142 Å². The van der Waals surface area contributed by atoms with Crippen LogP contribution in [0.4, 0.5) is 22.1 Å². The van der Waals surface area contributed by atoms with E-state index in [1.165, 1.54) is 23.3 Å². The molecule has 22 nitrogen and oxygen atoms in total. The van der Waals surface area contributed by atoms with Crippen molar-refractivity contribution in [1.82, 2.24) is 44.9 Å². The Bertz CT molecular complexity index is 3390. The minimum Gasteiger partial charge on any atom is -0.491 e. The Kier molecular flexibility index (Phi) is 23.5. The number of ether oxygens (including phenoxy) is 5. The molecule has 90 heavy (non-hydrogen) atoms. The molecule has 9 rings (SSSR count). The number of benzene rings is 3. The molecular formula is C67H83N11O11S. The number of aromatic nitrogens is 4. The van der Waals surface area contributed by atoms with Crippen LogP contribution < -0.4 is 20.7 Å². The van der Waals surface area contributed by atoms with E-state index in [2.05, 4.69) is 35.8 Å². The fourth-order valence-corrected chi connectivity index (χ4v) is 12.0. The van der Waals surface area contributed by atoms with Crippen LogP contribution in [-0.2, 0) is 39.9 Å². The summed E-state index contributed by atoms with van der Waals surface area (Å²) in [5.74, 6) is -0.255. The number of hydrogen-bond donors (Lipinski definition) is 3. The molecule has 3 N–H and O–H groups in total. The molecule has 5 amide bonds. The average Bonchev–Trinajstić information content (AvgIpc) is 1.69. The largest absolute Gasteiger partial charge is 0.491 e. The van der Waals surface area contributed by atoms with Crippen LogP contribution in [0.25, 0.3) is 11.3 Å². The third kappa shape index (κ3) is 18.7. The first-order valence-electron chi connectivity index (χ1n) is 31.0. The highest BCUT2D eigenvalue weighted by molar-refractivity contribution is 7.10. The Balaban J connectivity index is 0.624. The maximum absolute atomic E-state index is 14.5. The quantitative estimate of drug-likeness (QED) is 0.0321. The van der Waals surface area contributed by atoms with Gasteiger partial charge < -0.3 is 49.4 Å². The van der Waals surface area contributed by atoms with Gasteiger partial charge in [-0.3, -0.25) is 38.8 Å². The van der Waals surface area contributed by atoms with E-state index in [4.69, 9.17) is 28.7 Å². The van der Waals surface area contributed by atoms with Crippen molar-refractivity contribution in [1.29, 1.82) is 0 Å². The minimum absolute atomic E-state index is 0.0281. The number of pyridine rings is 1. The van der Waals surface area contributed by atoms with Gasteiger partial charge in [-0.25, -0.2) is 19.7 Å². The second-order valence-corrected chi connectivity index (χ2v) is 24.8. The first-order chi connectivity index (χ1) is 43.5. The summed E-state index contributed by atoms with van der Waals surface area (Å²) in [6.07, 6.45) is 10.6. The number of nitrogens with one attached hydrogen (secondary N) is 3. The summed E-state index contributed by atoms with van der Waals surface area (Å²) in [6, 6.07) is 23.8. The molecule has 1 aliphatic carbocycles. The van der Waals surface area contributed by atoms with E-state index in [1.54, 1.807) is 75.9 Å². The van der Waals surface area contributed by atoms with Crippen molar-refractivity contribution in [2.24, 2.45) is 5.92 Å². The van der Waals surface area contributed by atoms with Gasteiger partial charge in [-0.2, -0.15) is 0 Å². The van der Waals surface area contributed by atoms with Gasteiger partial charge in [0.1, 0.15) is 47.3 Å². The Hall–Kier alpha value is -8.22. The van der Waals surface area contributed by atoms with Gasteiger partial charge in [0.15, 0.2) is 0 Å². The predicted molar refractivity (Wildman–Crippen MR) is 342 cm³/mol. The number of likely N-dealkylation sites (N-methyl/N-ethyl adjacent to an activating group) is 1. The number of rotatable bonds is 27. The Morgan fingerprint density at radius 2 is 1.51 bits per heavy atom. The zero-order valence-corrected chi connectivity index (χ0v) is 53.1. The normalized spacial score (nSPS) is 16.2. The summed E-state index contributed by atoms with van der Waals surface area (Å²) in [7, 11) is 1.52. The van der Waals surface area contributed by atoms with Crippen molar-refractivity contribution in [3.8, 4) is 17.0 Å². The lowest BCUT2D eigenvalue weighted by atomic mass is 9.83. The maximum Gasteiger partial charge on any atom is 0.410 e. The van der Waals surface area contributed by atoms with Gasteiger partial charge in [0.25, 0.3) is 5.91 Å². The van der Waals surface area contributed by atoms with E-state index in [9.17, 15) is 28.8 Å². The van der Waals surface area contributed by atoms with E-state index in [-0.39, 0.29) is 61.0 Å². The Labute approximate surface area is 530 Å². The highest BCUT2D eigenvalue weighted by atomic mass is 32.1. The number of carbonyl (C=O) groups is 6. The highest BCUT2D eigenvalue weighted by Crippen LogP contribution is 2.37. The van der Waals surface area contributed by atoms with Gasteiger partial charge in [0, 0.05) is 98.4 Å². The number of carbonyl (C=O) groups excluding carboxylic acids is 6. The van der Waals surface area contributed by atoms with E-state index < -0.39 is 29.7 Å². The number of thiazole rings is 1. The molecule has 6 aromatic rings. The molecule has 3 aliphatic rings. The highest BCUT2D eigenvalue weighted by Gasteiger charge is 2.41. The van der Waals surface area contributed by atoms with E-state index in [0.717, 1.165) is 66.6 Å². The summed E-state index contributed by atoms with van der Waals surface area (Å²) in [4.78, 5) is 106. The Morgan fingerprint density at radius 3 is 2.24 bits per heavy atom. The smallest absolute Gasteiger partial charge is 0.410 e. The predicted octanol–water partition coefficient (Wildman–Crippen LogP) is 9.29. The monoisotopic (exact) mass is 1250 g/mol. The number of likely N-dealkylation sites (tertiary alicyclic amines) is 1. The van der Waals surface area contributed by atoms with Crippen LogP contribution in [0.3, 0.4) is 0 Å². The fourth-order valence-electron chi connectivity index (χ4n) is 11.0. The van der Waals surface area contributed by atoms with Gasteiger partial charge in [0.05, 0.1) is 44.8 Å². The van der Waals surface area contributed by atoms with Crippen LogP contribution in [0.2, 0.25) is 0 Å². The molecular weight excluding hydrogens is 1170 g/mol. The average molecular weight is 1250 g/mol. The van der Waals surface area contributed by atoms with Crippen LogP contribution in [0.1, 0.15) is 121 Å². The van der Waals surface area contributed by atoms with Crippen molar-refractivity contribution < 1.29 is 52.5 Å². The summed E-state index contributed by atoms with van der Waals surface area (Å²) >= 11 is 1.35. The van der Waals surface area contributed by atoms with Crippen molar-refractivity contribution >= 4 is 64.2 Å². The van der Waals surface area contributed by atoms with Crippen LogP contribution in [0.5, 0.6) is 5.75 Å². The molecule has 1 saturated carbocycles. The second-order valence-electron chi connectivity index (χ2n) is 23.9. The summed E-state index contributed by atoms with van der Waals surface area (Å²) < 4.78 is 28.4. The third-order valence-electron chi connectivity index (χ3n) is 16.2. The SMILES string of the molecule is Cc1ccc(NC(=O)c2ccc(CN3CCN(C(=O)COCCOCCOCCOc4cccc(C(=O)c5csc([C@@H]6CCCN6C(=O)[C@@H](NC(=O)[C@H](C)N(C)C(=O)OC(C)(C)C)C6CCCCC6)n5)c4)CC3)cc2)cc1Nc1nccc(-c2cccnc2)n1. The van der Waals surface area contributed by atoms with E-state index in [0.29, 0.717) is 106 Å². The van der Waals surface area contributed by atoms with Crippen LogP contribution in [-0.4, -0.2) is 179 Å². The van der Waals surface area contributed by atoms with Gasteiger partial charge in [-0.1, -0.05) is 49.6 Å². The van der Waals surface area contributed by atoms with Crippen molar-refractivity contribution in [2.75, 3.05) is 96.7 Å². The summed E-state index contributed by atoms with van der Waals surface area (Å²) in [6.45, 7) is 14.5. The van der Waals surface area contributed by atoms with Gasteiger partial charge in [-0.15, -0.1) is 11.3 Å². The van der Waals surface area contributed by atoms with Crippen molar-refractivity contribution in [2.45, 2.75) is 110 Å². The second kappa shape index (κ2) is 32.0. The summed E-state index contributed by atoms with van der Waals surface area (Å²) in [5.41, 5.74) is 5.56. The fraction of sp³-hybridized carbons (Fsp3) is 0.463. The number of piperazine rings is 1. The van der Waals surface area contributed by atoms with Crippen molar-refractivity contribution in [3.63, 3.8) is 0 Å². The molecule has 478 valence electrons. The molecule has 0 spiro atoms. The first-order valence-corrected chi connectivity index (χ1v) is 31.9. The molecule has 2 aliphatic heterocycles. The van der Waals surface area contributed by atoms with Gasteiger partial charge in [-0.05, 0) is 132 Å². The number of hydrogen-bond acceptors (Lipinski definition) is 18. The van der Waals surface area contributed by atoms with Gasteiger partial charge in [0.2, 0.25) is 29.5 Å². The number of amides is 5. The molecule has 3 aromatic carbocycles. The molecule has 3 fully saturated rings. The third-order valence-corrected chi connectivity index (χ3v) is 17.1. The lowest BCUT2D eigenvalue weighted by Crippen LogP contribution is -2.56. The number of nitrogens with zero attached hydrogens (tertiary/aromatic N) is 8. The van der Waals surface area contributed by atoms with Crippen LogP contribution in [0.15, 0.2) is 109 Å². The minimum atomic E-state index is -0.870. The molecule has 3 atom stereocenters. The lowest BCUT2D eigenvalue weighted by molar-refractivity contribution is -0.140. The van der Waals surface area contributed by atoms with E-state index in [1.807, 2.05) is 77.4 Å². The maximum atomic E-state index is 14.5. The number of aryl methyl sites for hydroxylation is 1. The molecule has 0 radical (unpaired) electrons. The topological polar surface area (TPSA) is 249 Å². The number of anilines is 3. The zero-order chi connectivity index (χ0) is 63.6. The zero-order valence-electron chi connectivity index (χ0n) is 52.3. The molecule has 5 heterocycles. The lowest BCUT2D eigenvalue weighted by Gasteiger charge is -2.36. The molecule has 23 heteroatoms. The molecule has 0 unspecified atom stereocenters. The standard InChI is InChI=1S/C67H83N11O11S/c1-45-19-24-52(40-55(45)73-65-69-27-25-54(72-65)51-16-11-26-68-41-51)70-62(82)49-22-20-47(21-23-49)42-76-29-31-77(32-30-76)58(79)43-87-36-35-85-33-34-86-37-38-88-53-17-10-15-50(39-53)60(80)56-44-90-63(71-56)57-18-12-28-78(57)64(83)59(48-13-8-7-9-14-48)74-61(81)46(2)75(6)66(84)89-67(3,4)5/h10-11,15-17,19-27,39-41,44,46,48,57,59H,7-9,12-14,18,28-38,42-43H2,1-6H3,(H,70,82)(H,74,81)(H,69,72,73)/t46-,57-,59-/m0/s1. The molecule has 3 aromatic heterocycles. The van der Waals surface area contributed by atoms with Crippen LogP contribution in [0, 0.1) is 12.8 Å². The molecule has 0 bridgehead atoms. The first kappa shape index (κ1) is 66.2. The van der Waals surface area contributed by atoms with Crippen LogP contribution >= 0.6 is 11.3 Å². The van der Waals surface area contributed by atoms with Gasteiger partial charge >= 0.3 is 6.09 Å². The number of ketones is 1. The molecule has 2 saturated heterocycles. The van der Waals surface area contributed by atoms with E-state index >= 15 is 0 Å².